The minimum Gasteiger partial charge on any atom is -0.288 e. The first kappa shape index (κ1) is 12.8. The van der Waals surface area contributed by atoms with Crippen LogP contribution in [0.4, 0.5) is 4.39 Å². The Morgan fingerprint density at radius 3 is 2.47 bits per heavy atom. The molecule has 2 rings (SSSR count). The number of carbonyl (C=O) groups is 1. The van der Waals surface area contributed by atoms with E-state index in [9.17, 15) is 9.18 Å². The average Bonchev–Trinajstić information content (AvgIpc) is 2.61. The molecule has 17 heavy (non-hydrogen) atoms. The Bertz CT molecular complexity index is 594. The molecule has 0 unspecified atom stereocenters. The van der Waals surface area contributed by atoms with E-state index in [1.54, 1.807) is 0 Å². The van der Waals surface area contributed by atoms with Crippen molar-refractivity contribution in [1.29, 1.82) is 0 Å². The highest BCUT2D eigenvalue weighted by Crippen LogP contribution is 2.33. The average molecular weight is 310 g/mol. The van der Waals surface area contributed by atoms with E-state index in [0.717, 1.165) is 11.3 Å². The molecular formula is C11H4Cl3FOS. The Morgan fingerprint density at radius 1 is 1.18 bits per heavy atom. The molecule has 1 aromatic carbocycles. The van der Waals surface area contributed by atoms with Crippen LogP contribution >= 0.6 is 46.1 Å². The monoisotopic (exact) mass is 308 g/mol. The van der Waals surface area contributed by atoms with Crippen LogP contribution in [0.25, 0.3) is 0 Å². The molecule has 0 aliphatic rings. The van der Waals surface area contributed by atoms with E-state index in [2.05, 4.69) is 0 Å². The number of thiophene rings is 1. The Balaban J connectivity index is 2.51. The summed E-state index contributed by atoms with van der Waals surface area (Å²) in [5.41, 5.74) is 0.0664. The molecule has 0 aliphatic heterocycles. The van der Waals surface area contributed by atoms with Gasteiger partial charge in [0.15, 0.2) is 11.6 Å². The molecule has 1 heterocycles. The summed E-state index contributed by atoms with van der Waals surface area (Å²) < 4.78 is 14.3. The minimum atomic E-state index is -0.752. The quantitative estimate of drug-likeness (QED) is 0.707. The fraction of sp³-hybridized carbons (Fsp3) is 0. The van der Waals surface area contributed by atoms with Gasteiger partial charge in [0.1, 0.15) is 4.34 Å². The topological polar surface area (TPSA) is 17.1 Å². The molecule has 0 saturated heterocycles. The van der Waals surface area contributed by atoms with Crippen molar-refractivity contribution >= 4 is 51.9 Å². The lowest BCUT2D eigenvalue weighted by Crippen LogP contribution is -2.03. The molecule has 0 amide bonds. The van der Waals surface area contributed by atoms with Crippen LogP contribution in [0.5, 0.6) is 0 Å². The summed E-state index contributed by atoms with van der Waals surface area (Å²) in [4.78, 5) is 12.0. The molecule has 0 atom stereocenters. The molecule has 0 fully saturated rings. The van der Waals surface area contributed by atoms with Gasteiger partial charge in [-0.2, -0.15) is 0 Å². The summed E-state index contributed by atoms with van der Waals surface area (Å²) in [5.74, 6) is -1.28. The maximum Gasteiger partial charge on any atom is 0.198 e. The molecule has 0 N–H and O–H groups in total. The summed E-state index contributed by atoms with van der Waals surface area (Å²) in [5, 5.41) is -0.103. The zero-order chi connectivity index (χ0) is 12.6. The van der Waals surface area contributed by atoms with E-state index in [4.69, 9.17) is 34.8 Å². The van der Waals surface area contributed by atoms with Crippen molar-refractivity contribution in [1.82, 2.24) is 0 Å². The molecule has 2 aromatic rings. The van der Waals surface area contributed by atoms with Gasteiger partial charge in [0.05, 0.1) is 20.5 Å². The second-order valence-corrected chi connectivity index (χ2v) is 5.86. The smallest absolute Gasteiger partial charge is 0.198 e. The normalized spacial score (nSPS) is 10.6. The third-order valence-corrected chi connectivity index (χ3v) is 3.88. The van der Waals surface area contributed by atoms with Crippen molar-refractivity contribution in [2.24, 2.45) is 0 Å². The van der Waals surface area contributed by atoms with Gasteiger partial charge in [0, 0.05) is 0 Å². The summed E-state index contributed by atoms with van der Waals surface area (Å²) >= 11 is 18.2. The van der Waals surface area contributed by atoms with Gasteiger partial charge in [0.2, 0.25) is 0 Å². The van der Waals surface area contributed by atoms with Crippen molar-refractivity contribution in [2.45, 2.75) is 0 Å². The Morgan fingerprint density at radius 2 is 1.88 bits per heavy atom. The van der Waals surface area contributed by atoms with Crippen LogP contribution in [-0.2, 0) is 0 Å². The minimum absolute atomic E-state index is 0.103. The molecular weight excluding hydrogens is 306 g/mol. The number of benzene rings is 1. The number of hydrogen-bond acceptors (Lipinski definition) is 2. The number of hydrogen-bond donors (Lipinski definition) is 0. The summed E-state index contributed by atoms with van der Waals surface area (Å²) in [6.07, 6.45) is 0. The Labute approximate surface area is 116 Å². The highest BCUT2D eigenvalue weighted by atomic mass is 35.5. The SMILES string of the molecule is O=C(c1cc(Cl)sc1Cl)c1cccc(Cl)c1F. The predicted octanol–water partition coefficient (Wildman–Crippen LogP) is 5.08. The van der Waals surface area contributed by atoms with Crippen LogP contribution in [0, 0.1) is 5.82 Å². The number of carbonyl (C=O) groups excluding carboxylic acids is 1. The molecule has 0 saturated carbocycles. The van der Waals surface area contributed by atoms with Gasteiger partial charge in [-0.25, -0.2) is 4.39 Å². The summed E-state index contributed by atoms with van der Waals surface area (Å²) in [7, 11) is 0. The number of rotatable bonds is 2. The van der Waals surface area contributed by atoms with Crippen LogP contribution < -0.4 is 0 Å². The van der Waals surface area contributed by atoms with Crippen LogP contribution in [0.1, 0.15) is 15.9 Å². The zero-order valence-corrected chi connectivity index (χ0v) is 11.2. The van der Waals surface area contributed by atoms with E-state index in [-0.39, 0.29) is 20.5 Å². The number of halogens is 4. The Kier molecular flexibility index (Phi) is 3.73. The molecule has 0 radical (unpaired) electrons. The van der Waals surface area contributed by atoms with Crippen LogP contribution in [0.15, 0.2) is 24.3 Å². The molecule has 0 aliphatic carbocycles. The first-order valence-electron chi connectivity index (χ1n) is 4.44. The number of ketones is 1. The van der Waals surface area contributed by atoms with Gasteiger partial charge in [-0.05, 0) is 18.2 Å². The third kappa shape index (κ3) is 2.47. The van der Waals surface area contributed by atoms with Gasteiger partial charge < -0.3 is 0 Å². The van der Waals surface area contributed by atoms with Crippen molar-refractivity contribution in [3.8, 4) is 0 Å². The van der Waals surface area contributed by atoms with Gasteiger partial charge in [-0.3, -0.25) is 4.79 Å². The lowest BCUT2D eigenvalue weighted by atomic mass is 10.1. The van der Waals surface area contributed by atoms with Crippen molar-refractivity contribution < 1.29 is 9.18 Å². The molecule has 0 bridgehead atoms. The van der Waals surface area contributed by atoms with Crippen molar-refractivity contribution in [2.75, 3.05) is 0 Å². The first-order valence-corrected chi connectivity index (χ1v) is 6.39. The van der Waals surface area contributed by atoms with Crippen LogP contribution in [-0.4, -0.2) is 5.78 Å². The second-order valence-electron chi connectivity index (χ2n) is 3.17. The standard InChI is InChI=1S/C11H4Cl3FOS/c12-7-3-1-2-5(9(7)15)10(16)6-4-8(13)17-11(6)14/h1-4H. The summed E-state index contributed by atoms with van der Waals surface area (Å²) in [6.45, 7) is 0. The third-order valence-electron chi connectivity index (χ3n) is 2.10. The molecule has 1 nitrogen and oxygen atoms in total. The van der Waals surface area contributed by atoms with Crippen molar-refractivity contribution in [3.05, 3.63) is 54.9 Å². The molecule has 1 aromatic heterocycles. The summed E-state index contributed by atoms with van der Waals surface area (Å²) in [6, 6.07) is 5.64. The van der Waals surface area contributed by atoms with Gasteiger partial charge in [0.25, 0.3) is 0 Å². The highest BCUT2D eigenvalue weighted by Gasteiger charge is 2.20. The first-order chi connectivity index (χ1) is 8.00. The molecule has 88 valence electrons. The van der Waals surface area contributed by atoms with Gasteiger partial charge in [-0.15, -0.1) is 11.3 Å². The van der Waals surface area contributed by atoms with Crippen molar-refractivity contribution in [3.63, 3.8) is 0 Å². The van der Waals surface area contributed by atoms with E-state index in [1.807, 2.05) is 0 Å². The zero-order valence-electron chi connectivity index (χ0n) is 8.14. The largest absolute Gasteiger partial charge is 0.288 e. The second kappa shape index (κ2) is 4.94. The maximum absolute atomic E-state index is 13.7. The van der Waals surface area contributed by atoms with Gasteiger partial charge >= 0.3 is 0 Å². The van der Waals surface area contributed by atoms with Gasteiger partial charge in [-0.1, -0.05) is 40.9 Å². The lowest BCUT2D eigenvalue weighted by molar-refractivity contribution is 0.103. The Hall–Kier alpha value is -0.610. The highest BCUT2D eigenvalue weighted by molar-refractivity contribution is 7.20. The van der Waals surface area contributed by atoms with E-state index in [1.165, 1.54) is 24.3 Å². The van der Waals surface area contributed by atoms with Crippen LogP contribution in [0.3, 0.4) is 0 Å². The molecule has 6 heteroatoms. The predicted molar refractivity (Wildman–Crippen MR) is 69.2 cm³/mol. The van der Waals surface area contributed by atoms with E-state index < -0.39 is 11.6 Å². The lowest BCUT2D eigenvalue weighted by Gasteiger charge is -2.02. The fourth-order valence-electron chi connectivity index (χ4n) is 1.32. The fourth-order valence-corrected chi connectivity index (χ4v) is 2.95. The molecule has 0 spiro atoms. The van der Waals surface area contributed by atoms with E-state index in [0.29, 0.717) is 4.34 Å². The van der Waals surface area contributed by atoms with Crippen LogP contribution in [0.2, 0.25) is 13.7 Å². The van der Waals surface area contributed by atoms with E-state index >= 15 is 0 Å². The maximum atomic E-state index is 13.7.